The lowest BCUT2D eigenvalue weighted by molar-refractivity contribution is 1.69. The summed E-state index contributed by atoms with van der Waals surface area (Å²) in [6.45, 7) is 7.51. The van der Waals surface area contributed by atoms with E-state index in [1.165, 1.54) is 27.1 Å². The Morgan fingerprint density at radius 3 is 1.59 bits per heavy atom. The fourth-order valence-electron chi connectivity index (χ4n) is 3.96. The molecular formula is C25H14BrN. The fourth-order valence-corrected chi connectivity index (χ4v) is 4.66. The topological polar surface area (TPSA) is 4.36 Å². The highest BCUT2D eigenvalue weighted by Crippen LogP contribution is 2.44. The average Bonchev–Trinajstić information content (AvgIpc) is 2.74. The molecule has 0 bridgehead atoms. The molecule has 0 aromatic heterocycles. The number of hydrogen-bond donors (Lipinski definition) is 0. The molecule has 0 saturated heterocycles. The zero-order valence-electron chi connectivity index (χ0n) is 14.4. The zero-order valence-corrected chi connectivity index (χ0v) is 16.0. The summed E-state index contributed by atoms with van der Waals surface area (Å²) in [5, 5.41) is 6.94. The van der Waals surface area contributed by atoms with E-state index in [1.807, 2.05) is 24.3 Å². The zero-order chi connectivity index (χ0) is 18.4. The molecule has 1 nitrogen and oxygen atoms in total. The third kappa shape index (κ3) is 2.36. The lowest BCUT2D eigenvalue weighted by Crippen LogP contribution is -1.89. The summed E-state index contributed by atoms with van der Waals surface area (Å²) < 4.78 is 1.12. The standard InChI is InChI=1S/C25H14BrN/c1-27-23-15-14-20(16-8-2-3-9-17(16)23)24-18-10-4-6-12-21(18)25(26)22-13-7-5-11-19(22)24/h2-15H. The summed E-state index contributed by atoms with van der Waals surface area (Å²) >= 11 is 3.82. The van der Waals surface area contributed by atoms with Crippen LogP contribution in [0.25, 0.3) is 48.3 Å². The van der Waals surface area contributed by atoms with Gasteiger partial charge >= 0.3 is 0 Å². The molecule has 0 saturated carbocycles. The molecule has 0 aliphatic rings. The lowest BCUT2D eigenvalue weighted by Gasteiger charge is -2.16. The van der Waals surface area contributed by atoms with Gasteiger partial charge in [0.15, 0.2) is 5.69 Å². The van der Waals surface area contributed by atoms with Crippen molar-refractivity contribution in [2.45, 2.75) is 0 Å². The van der Waals surface area contributed by atoms with Crippen LogP contribution in [-0.2, 0) is 0 Å². The largest absolute Gasteiger partial charge is 0.238 e. The number of rotatable bonds is 1. The molecule has 0 spiro atoms. The fraction of sp³-hybridized carbons (Fsp3) is 0. The summed E-state index contributed by atoms with van der Waals surface area (Å²) in [4.78, 5) is 3.71. The van der Waals surface area contributed by atoms with Gasteiger partial charge in [-0.3, -0.25) is 0 Å². The lowest BCUT2D eigenvalue weighted by atomic mass is 9.89. The SMILES string of the molecule is [C-]#[N+]c1ccc(-c2c3ccccc3c(Br)c3ccccc23)c2ccccc12. The number of fused-ring (bicyclic) bond motifs is 3. The summed E-state index contributed by atoms with van der Waals surface area (Å²) in [7, 11) is 0. The molecule has 0 N–H and O–H groups in total. The normalized spacial score (nSPS) is 11.1. The van der Waals surface area contributed by atoms with Gasteiger partial charge in [-0.15, -0.1) is 0 Å². The third-order valence-electron chi connectivity index (χ3n) is 5.16. The summed E-state index contributed by atoms with van der Waals surface area (Å²) in [5.41, 5.74) is 3.08. The Morgan fingerprint density at radius 1 is 0.556 bits per heavy atom. The first-order valence-electron chi connectivity index (χ1n) is 8.78. The monoisotopic (exact) mass is 407 g/mol. The van der Waals surface area contributed by atoms with Gasteiger partial charge in [0.2, 0.25) is 0 Å². The van der Waals surface area contributed by atoms with E-state index in [0.717, 1.165) is 20.8 Å². The molecule has 0 heterocycles. The number of benzene rings is 5. The van der Waals surface area contributed by atoms with Crippen molar-refractivity contribution in [3.05, 3.63) is 101 Å². The molecule has 5 aromatic carbocycles. The van der Waals surface area contributed by atoms with Crippen molar-refractivity contribution in [2.75, 3.05) is 0 Å². The maximum Gasteiger partial charge on any atom is 0.194 e. The van der Waals surface area contributed by atoms with Crippen LogP contribution in [0.2, 0.25) is 0 Å². The number of halogens is 1. The molecule has 0 aliphatic heterocycles. The summed E-state index contributed by atoms with van der Waals surface area (Å²) in [6, 6.07) is 29.2. The minimum Gasteiger partial charge on any atom is -0.238 e. The van der Waals surface area contributed by atoms with Gasteiger partial charge in [-0.25, -0.2) is 4.85 Å². The first-order chi connectivity index (χ1) is 13.3. The second-order valence-electron chi connectivity index (χ2n) is 6.57. The van der Waals surface area contributed by atoms with Crippen LogP contribution in [0, 0.1) is 6.57 Å². The van der Waals surface area contributed by atoms with Gasteiger partial charge in [0.1, 0.15) is 0 Å². The van der Waals surface area contributed by atoms with E-state index in [9.17, 15) is 0 Å². The Morgan fingerprint density at radius 2 is 1.04 bits per heavy atom. The smallest absolute Gasteiger partial charge is 0.194 e. The van der Waals surface area contributed by atoms with Crippen molar-refractivity contribution in [3.8, 4) is 11.1 Å². The van der Waals surface area contributed by atoms with Gasteiger partial charge in [0.25, 0.3) is 0 Å². The van der Waals surface area contributed by atoms with E-state index in [2.05, 4.69) is 81.4 Å². The van der Waals surface area contributed by atoms with Crippen molar-refractivity contribution >= 4 is 53.9 Å². The van der Waals surface area contributed by atoms with E-state index in [1.54, 1.807) is 0 Å². The molecule has 27 heavy (non-hydrogen) atoms. The van der Waals surface area contributed by atoms with E-state index in [-0.39, 0.29) is 0 Å². The third-order valence-corrected chi connectivity index (χ3v) is 6.01. The molecule has 0 radical (unpaired) electrons. The average molecular weight is 408 g/mol. The molecule has 5 rings (SSSR count). The Bertz CT molecular complexity index is 1340. The minimum atomic E-state index is 0.695. The van der Waals surface area contributed by atoms with Crippen LogP contribution in [0.5, 0.6) is 0 Å². The molecule has 0 aliphatic carbocycles. The van der Waals surface area contributed by atoms with Crippen LogP contribution >= 0.6 is 15.9 Å². The van der Waals surface area contributed by atoms with Gasteiger partial charge in [-0.05, 0) is 59.4 Å². The molecular weight excluding hydrogens is 394 g/mol. The van der Waals surface area contributed by atoms with Gasteiger partial charge in [0.05, 0.1) is 6.57 Å². The predicted octanol–water partition coefficient (Wildman–Crippen LogP) is 8.13. The minimum absolute atomic E-state index is 0.695. The second-order valence-corrected chi connectivity index (χ2v) is 7.36. The van der Waals surface area contributed by atoms with Crippen molar-refractivity contribution in [2.24, 2.45) is 0 Å². The Kier molecular flexibility index (Phi) is 3.70. The molecule has 0 amide bonds. The van der Waals surface area contributed by atoms with Gasteiger partial charge < -0.3 is 0 Å². The maximum absolute atomic E-state index is 7.51. The van der Waals surface area contributed by atoms with Crippen LogP contribution in [0.3, 0.4) is 0 Å². The van der Waals surface area contributed by atoms with Gasteiger partial charge in [-0.2, -0.15) is 0 Å². The summed E-state index contributed by atoms with van der Waals surface area (Å²) in [6.07, 6.45) is 0. The molecule has 5 aromatic rings. The molecule has 0 fully saturated rings. The van der Waals surface area contributed by atoms with Gasteiger partial charge in [-0.1, -0.05) is 84.9 Å². The predicted molar refractivity (Wildman–Crippen MR) is 118 cm³/mol. The van der Waals surface area contributed by atoms with Crippen LogP contribution < -0.4 is 0 Å². The van der Waals surface area contributed by atoms with E-state index >= 15 is 0 Å². The molecule has 126 valence electrons. The molecule has 0 atom stereocenters. The van der Waals surface area contributed by atoms with Crippen molar-refractivity contribution in [1.29, 1.82) is 0 Å². The second kappa shape index (κ2) is 6.23. The van der Waals surface area contributed by atoms with Crippen LogP contribution in [0.4, 0.5) is 5.69 Å². The Balaban J connectivity index is 2.04. The van der Waals surface area contributed by atoms with E-state index in [4.69, 9.17) is 6.57 Å². The summed E-state index contributed by atoms with van der Waals surface area (Å²) in [5.74, 6) is 0. The van der Waals surface area contributed by atoms with Gasteiger partial charge in [0, 0.05) is 4.47 Å². The number of hydrogen-bond acceptors (Lipinski definition) is 0. The highest BCUT2D eigenvalue weighted by Gasteiger charge is 2.16. The number of nitrogens with zero attached hydrogens (tertiary/aromatic N) is 1. The Hall–Kier alpha value is -3.15. The molecule has 0 unspecified atom stereocenters. The van der Waals surface area contributed by atoms with Crippen LogP contribution in [0.15, 0.2) is 89.4 Å². The maximum atomic E-state index is 7.51. The first kappa shape index (κ1) is 16.1. The first-order valence-corrected chi connectivity index (χ1v) is 9.57. The van der Waals surface area contributed by atoms with Crippen molar-refractivity contribution in [1.82, 2.24) is 0 Å². The van der Waals surface area contributed by atoms with E-state index in [0.29, 0.717) is 5.69 Å². The van der Waals surface area contributed by atoms with E-state index < -0.39 is 0 Å². The van der Waals surface area contributed by atoms with Crippen LogP contribution in [-0.4, -0.2) is 0 Å². The highest BCUT2D eigenvalue weighted by molar-refractivity contribution is 9.10. The highest BCUT2D eigenvalue weighted by atomic mass is 79.9. The van der Waals surface area contributed by atoms with Crippen molar-refractivity contribution in [3.63, 3.8) is 0 Å². The molecule has 2 heteroatoms. The van der Waals surface area contributed by atoms with Crippen LogP contribution in [0.1, 0.15) is 0 Å². The van der Waals surface area contributed by atoms with Crippen molar-refractivity contribution < 1.29 is 0 Å². The Labute approximate surface area is 165 Å². The quantitative estimate of drug-likeness (QED) is 0.195.